The summed E-state index contributed by atoms with van der Waals surface area (Å²) in [6, 6.07) is 1.63. The monoisotopic (exact) mass is 302 g/mol. The lowest BCUT2D eigenvalue weighted by Gasteiger charge is -2.20. The van der Waals surface area contributed by atoms with Crippen molar-refractivity contribution in [2.24, 2.45) is 0 Å². The van der Waals surface area contributed by atoms with E-state index in [0.29, 0.717) is 15.9 Å². The average Bonchev–Trinajstić information content (AvgIpc) is 2.17. The van der Waals surface area contributed by atoms with Gasteiger partial charge in [-0.2, -0.15) is 0 Å². The number of hydrogen-bond donors (Lipinski definition) is 2. The Bertz CT molecular complexity index is 416. The van der Waals surface area contributed by atoms with Crippen molar-refractivity contribution in [3.05, 3.63) is 22.4 Å². The summed E-state index contributed by atoms with van der Waals surface area (Å²) in [5, 5.41) is 11.7. The number of halogens is 1. The minimum atomic E-state index is -0.573. The molecule has 0 aromatic carbocycles. The maximum absolute atomic E-state index is 11.5. The second kappa shape index (κ2) is 5.46. The van der Waals surface area contributed by atoms with Crippen molar-refractivity contribution in [1.29, 1.82) is 0 Å². The van der Waals surface area contributed by atoms with Gasteiger partial charge in [-0.3, -0.25) is 5.32 Å². The quantitative estimate of drug-likeness (QED) is 0.824. The Morgan fingerprint density at radius 3 is 2.76 bits per heavy atom. The molecule has 0 bridgehead atoms. The van der Waals surface area contributed by atoms with Crippen LogP contribution in [0.15, 0.2) is 16.9 Å². The van der Waals surface area contributed by atoms with Gasteiger partial charge < -0.3 is 9.84 Å². The number of anilines is 1. The minimum absolute atomic E-state index is 0.188. The molecule has 1 aromatic rings. The van der Waals surface area contributed by atoms with E-state index in [2.05, 4.69) is 26.2 Å². The van der Waals surface area contributed by atoms with Gasteiger partial charge in [0.05, 0.1) is 18.5 Å². The fourth-order valence-corrected chi connectivity index (χ4v) is 1.50. The molecular weight excluding hydrogens is 288 g/mol. The molecule has 1 amide bonds. The Balaban J connectivity index is 2.78. The second-order valence-corrected chi connectivity index (χ2v) is 5.26. The summed E-state index contributed by atoms with van der Waals surface area (Å²) < 4.78 is 5.69. The summed E-state index contributed by atoms with van der Waals surface area (Å²) in [7, 11) is 0. The fraction of sp³-hybridized carbons (Fsp3) is 0.455. The van der Waals surface area contributed by atoms with Crippen LogP contribution in [0.3, 0.4) is 0 Å². The van der Waals surface area contributed by atoms with Crippen LogP contribution in [0.2, 0.25) is 0 Å². The van der Waals surface area contributed by atoms with Gasteiger partial charge >= 0.3 is 6.09 Å². The Morgan fingerprint density at radius 1 is 1.59 bits per heavy atom. The molecule has 0 radical (unpaired) electrons. The second-order valence-electron chi connectivity index (χ2n) is 4.45. The summed E-state index contributed by atoms with van der Waals surface area (Å²) in [5.41, 5.74) is 0.439. The van der Waals surface area contributed by atoms with Crippen LogP contribution in [0.25, 0.3) is 0 Å². The van der Waals surface area contributed by atoms with E-state index in [0.717, 1.165) is 0 Å². The van der Waals surface area contributed by atoms with Crippen molar-refractivity contribution >= 4 is 27.7 Å². The third kappa shape index (κ3) is 4.70. The number of carbonyl (C=O) groups is 1. The fourth-order valence-electron chi connectivity index (χ4n) is 1.12. The van der Waals surface area contributed by atoms with Crippen LogP contribution < -0.4 is 5.32 Å². The number of pyridine rings is 1. The molecule has 2 N–H and O–H groups in total. The third-order valence-electron chi connectivity index (χ3n) is 1.76. The number of aliphatic hydroxyl groups is 1. The van der Waals surface area contributed by atoms with E-state index < -0.39 is 11.7 Å². The zero-order valence-corrected chi connectivity index (χ0v) is 11.5. The van der Waals surface area contributed by atoms with Gasteiger partial charge in [0.1, 0.15) is 10.2 Å². The van der Waals surface area contributed by atoms with Gasteiger partial charge in [0.25, 0.3) is 0 Å². The van der Waals surface area contributed by atoms with Crippen LogP contribution in [-0.2, 0) is 11.3 Å². The molecule has 0 aliphatic heterocycles. The highest BCUT2D eigenvalue weighted by atomic mass is 79.9. The number of carbonyl (C=O) groups excluding carboxylic acids is 1. The number of nitrogens with zero attached hydrogens (tertiary/aromatic N) is 1. The standard InChI is InChI=1S/C11H15BrN2O3/c1-11(2,3)17-10(16)14-8-5-13-9(12)4-7(8)6-15/h4-5,15H,6H2,1-3H3,(H,14,16). The highest BCUT2D eigenvalue weighted by molar-refractivity contribution is 9.10. The summed E-state index contributed by atoms with van der Waals surface area (Å²) in [6.45, 7) is 5.14. The average molecular weight is 303 g/mol. The van der Waals surface area contributed by atoms with E-state index in [1.807, 2.05) is 0 Å². The van der Waals surface area contributed by atoms with Gasteiger partial charge in [0, 0.05) is 5.56 Å². The third-order valence-corrected chi connectivity index (χ3v) is 2.20. The van der Waals surface area contributed by atoms with Crippen molar-refractivity contribution in [3.63, 3.8) is 0 Å². The first kappa shape index (κ1) is 13.9. The Hall–Kier alpha value is -1.14. The summed E-state index contributed by atoms with van der Waals surface area (Å²) >= 11 is 3.19. The van der Waals surface area contributed by atoms with E-state index in [4.69, 9.17) is 9.84 Å². The Kier molecular flexibility index (Phi) is 4.47. The number of nitrogens with one attached hydrogen (secondary N) is 1. The van der Waals surface area contributed by atoms with Gasteiger partial charge in [-0.05, 0) is 42.8 Å². The summed E-state index contributed by atoms with van der Waals surface area (Å²) in [4.78, 5) is 15.5. The number of amides is 1. The predicted octanol–water partition coefficient (Wildman–Crippen LogP) is 2.68. The van der Waals surface area contributed by atoms with Crippen LogP contribution in [0.4, 0.5) is 10.5 Å². The van der Waals surface area contributed by atoms with E-state index in [9.17, 15) is 4.79 Å². The molecule has 94 valence electrons. The molecule has 1 rings (SSSR count). The van der Waals surface area contributed by atoms with E-state index in [1.165, 1.54) is 6.20 Å². The number of hydrogen-bond acceptors (Lipinski definition) is 4. The number of aromatic nitrogens is 1. The minimum Gasteiger partial charge on any atom is -0.444 e. The zero-order chi connectivity index (χ0) is 13.1. The van der Waals surface area contributed by atoms with Gasteiger partial charge in [-0.1, -0.05) is 0 Å². The van der Waals surface area contributed by atoms with Gasteiger partial charge in [-0.25, -0.2) is 9.78 Å². The van der Waals surface area contributed by atoms with Crippen LogP contribution in [0, 0.1) is 0 Å². The Labute approximate surface area is 108 Å². The van der Waals surface area contributed by atoms with E-state index >= 15 is 0 Å². The molecule has 1 aromatic heterocycles. The molecule has 5 nitrogen and oxygen atoms in total. The summed E-state index contributed by atoms with van der Waals surface area (Å²) in [5.74, 6) is 0. The first-order valence-electron chi connectivity index (χ1n) is 5.07. The lowest BCUT2D eigenvalue weighted by molar-refractivity contribution is 0.0635. The maximum Gasteiger partial charge on any atom is 0.412 e. The van der Waals surface area contributed by atoms with Crippen LogP contribution in [0.5, 0.6) is 0 Å². The van der Waals surface area contributed by atoms with Crippen LogP contribution in [-0.4, -0.2) is 21.8 Å². The molecule has 0 fully saturated rings. The number of aliphatic hydroxyl groups excluding tert-OH is 1. The largest absolute Gasteiger partial charge is 0.444 e. The van der Waals surface area contributed by atoms with E-state index in [-0.39, 0.29) is 6.61 Å². The van der Waals surface area contributed by atoms with Crippen LogP contribution >= 0.6 is 15.9 Å². The van der Waals surface area contributed by atoms with E-state index in [1.54, 1.807) is 26.8 Å². The molecule has 0 spiro atoms. The molecule has 0 unspecified atom stereocenters. The first-order chi connectivity index (χ1) is 7.81. The molecule has 1 heterocycles. The predicted molar refractivity (Wildman–Crippen MR) is 67.7 cm³/mol. The molecule has 0 saturated heterocycles. The number of rotatable bonds is 2. The smallest absolute Gasteiger partial charge is 0.412 e. The molecule has 0 aliphatic carbocycles. The molecule has 0 saturated carbocycles. The van der Waals surface area contributed by atoms with Crippen molar-refractivity contribution in [1.82, 2.24) is 4.98 Å². The lowest BCUT2D eigenvalue weighted by atomic mass is 10.2. The van der Waals surface area contributed by atoms with Crippen molar-refractivity contribution < 1.29 is 14.6 Å². The zero-order valence-electron chi connectivity index (χ0n) is 9.95. The molecule has 0 atom stereocenters. The van der Waals surface area contributed by atoms with Gasteiger partial charge in [0.15, 0.2) is 0 Å². The summed E-state index contributed by atoms with van der Waals surface area (Å²) in [6.07, 6.45) is 0.885. The first-order valence-corrected chi connectivity index (χ1v) is 5.86. The normalized spacial score (nSPS) is 11.1. The van der Waals surface area contributed by atoms with Gasteiger partial charge in [-0.15, -0.1) is 0 Å². The van der Waals surface area contributed by atoms with Gasteiger partial charge in [0.2, 0.25) is 0 Å². The highest BCUT2D eigenvalue weighted by Gasteiger charge is 2.17. The molecule has 6 heteroatoms. The molecule has 0 aliphatic rings. The Morgan fingerprint density at radius 2 is 2.24 bits per heavy atom. The SMILES string of the molecule is CC(C)(C)OC(=O)Nc1cnc(Br)cc1CO. The topological polar surface area (TPSA) is 71.5 Å². The molecular formula is C11H15BrN2O3. The highest BCUT2D eigenvalue weighted by Crippen LogP contribution is 2.19. The van der Waals surface area contributed by atoms with Crippen molar-refractivity contribution in [2.75, 3.05) is 5.32 Å². The maximum atomic E-state index is 11.5. The van der Waals surface area contributed by atoms with Crippen molar-refractivity contribution in [3.8, 4) is 0 Å². The van der Waals surface area contributed by atoms with Crippen molar-refractivity contribution in [2.45, 2.75) is 33.0 Å². The van der Waals surface area contributed by atoms with Crippen LogP contribution in [0.1, 0.15) is 26.3 Å². The molecule has 17 heavy (non-hydrogen) atoms. The number of ether oxygens (including phenoxy) is 1. The lowest BCUT2D eigenvalue weighted by Crippen LogP contribution is -2.27.